The molecule has 0 atom stereocenters. The van der Waals surface area contributed by atoms with Crippen molar-refractivity contribution in [3.8, 4) is 5.75 Å². The number of allylic oxidation sites excluding steroid dienone is 1. The number of ether oxygens (including phenoxy) is 1. The molecule has 7 heteroatoms. The van der Waals surface area contributed by atoms with Gasteiger partial charge >= 0.3 is 0 Å². The molecule has 0 saturated carbocycles. The van der Waals surface area contributed by atoms with Gasteiger partial charge in [0, 0.05) is 36.1 Å². The average molecular weight is 420 g/mol. The van der Waals surface area contributed by atoms with Crippen LogP contribution in [0.4, 0.5) is 0 Å². The monoisotopic (exact) mass is 419 g/mol. The van der Waals surface area contributed by atoms with Crippen molar-refractivity contribution in [2.24, 2.45) is 0 Å². The Morgan fingerprint density at radius 2 is 2.04 bits per heavy atom. The number of carbonyl (C=O) groups excluding carboxylic acids is 1. The van der Waals surface area contributed by atoms with Gasteiger partial charge in [-0.05, 0) is 51.0 Å². The van der Waals surface area contributed by atoms with E-state index in [0.29, 0.717) is 17.3 Å². The van der Waals surface area contributed by atoms with Gasteiger partial charge in [0.2, 0.25) is 0 Å². The smallest absolute Gasteiger partial charge is 0.270 e. The van der Waals surface area contributed by atoms with E-state index in [-0.39, 0.29) is 11.9 Å². The third kappa shape index (κ3) is 6.33. The van der Waals surface area contributed by atoms with Gasteiger partial charge < -0.3 is 10.1 Å². The Morgan fingerprint density at radius 1 is 1.32 bits per heavy atom. The van der Waals surface area contributed by atoms with Crippen molar-refractivity contribution in [3.63, 3.8) is 0 Å². The molecule has 1 aromatic carbocycles. The van der Waals surface area contributed by atoms with E-state index in [2.05, 4.69) is 35.1 Å². The zero-order chi connectivity index (χ0) is 19.9. The average Bonchev–Trinajstić information content (AvgIpc) is 3.16. The first-order chi connectivity index (χ1) is 13.5. The summed E-state index contributed by atoms with van der Waals surface area (Å²) >= 11 is 7.30. The van der Waals surface area contributed by atoms with Crippen LogP contribution >= 0.6 is 22.9 Å². The number of thiazole rings is 1. The number of halogens is 1. The third-order valence-corrected chi connectivity index (χ3v) is 5.72. The highest BCUT2D eigenvalue weighted by Crippen LogP contribution is 2.18. The van der Waals surface area contributed by atoms with Crippen molar-refractivity contribution in [1.82, 2.24) is 15.2 Å². The lowest BCUT2D eigenvalue weighted by Crippen LogP contribution is -2.44. The first kappa shape index (κ1) is 20.8. The Labute approximate surface area is 175 Å². The molecule has 0 aliphatic carbocycles. The number of carbonyl (C=O) groups is 1. The van der Waals surface area contributed by atoms with Crippen LogP contribution in [0.5, 0.6) is 5.75 Å². The van der Waals surface area contributed by atoms with Gasteiger partial charge in [-0.3, -0.25) is 9.69 Å². The normalized spacial score (nSPS) is 15.2. The highest BCUT2D eigenvalue weighted by molar-refractivity contribution is 7.09. The molecule has 1 aliphatic heterocycles. The summed E-state index contributed by atoms with van der Waals surface area (Å²) < 4.78 is 5.69. The first-order valence-electron chi connectivity index (χ1n) is 9.49. The van der Waals surface area contributed by atoms with Crippen LogP contribution in [0.15, 0.2) is 41.3 Å². The summed E-state index contributed by atoms with van der Waals surface area (Å²) in [6.07, 6.45) is 4.19. The van der Waals surface area contributed by atoms with Crippen LogP contribution in [0.25, 0.3) is 0 Å². The Morgan fingerprint density at radius 3 is 2.71 bits per heavy atom. The van der Waals surface area contributed by atoms with Crippen LogP contribution in [0.2, 0.25) is 5.02 Å². The summed E-state index contributed by atoms with van der Waals surface area (Å²) in [4.78, 5) is 19.3. The molecule has 0 radical (unpaired) electrons. The van der Waals surface area contributed by atoms with Gasteiger partial charge in [0.05, 0.1) is 0 Å². The molecule has 1 saturated heterocycles. The maximum absolute atomic E-state index is 12.5. The van der Waals surface area contributed by atoms with Crippen LogP contribution in [0.1, 0.15) is 42.2 Å². The number of piperidine rings is 1. The summed E-state index contributed by atoms with van der Waals surface area (Å²) in [5.74, 6) is 0.627. The lowest BCUT2D eigenvalue weighted by atomic mass is 10.0. The van der Waals surface area contributed by atoms with Crippen LogP contribution in [0.3, 0.4) is 0 Å². The summed E-state index contributed by atoms with van der Waals surface area (Å²) in [7, 11) is 0. The molecule has 1 N–H and O–H groups in total. The largest absolute Gasteiger partial charge is 0.486 e. The van der Waals surface area contributed by atoms with Gasteiger partial charge in [-0.15, -0.1) is 11.3 Å². The van der Waals surface area contributed by atoms with Gasteiger partial charge in [-0.25, -0.2) is 4.98 Å². The van der Waals surface area contributed by atoms with Gasteiger partial charge in [-0.1, -0.05) is 23.3 Å². The van der Waals surface area contributed by atoms with Crippen molar-refractivity contribution in [1.29, 1.82) is 0 Å². The number of benzene rings is 1. The molecule has 2 heterocycles. The van der Waals surface area contributed by atoms with Crippen LogP contribution in [-0.4, -0.2) is 41.5 Å². The van der Waals surface area contributed by atoms with E-state index in [1.54, 1.807) is 17.5 Å². The second-order valence-electron chi connectivity index (χ2n) is 7.20. The molecule has 2 aromatic rings. The van der Waals surface area contributed by atoms with Crippen molar-refractivity contribution in [2.45, 2.75) is 39.3 Å². The summed E-state index contributed by atoms with van der Waals surface area (Å²) in [6.45, 7) is 7.58. The van der Waals surface area contributed by atoms with E-state index < -0.39 is 0 Å². The number of amides is 1. The zero-order valence-electron chi connectivity index (χ0n) is 16.3. The molecule has 1 aliphatic rings. The predicted octanol–water partition coefficient (Wildman–Crippen LogP) is 4.54. The molecule has 0 bridgehead atoms. The van der Waals surface area contributed by atoms with Crippen molar-refractivity contribution >= 4 is 28.8 Å². The molecule has 28 heavy (non-hydrogen) atoms. The van der Waals surface area contributed by atoms with Crippen LogP contribution in [-0.2, 0) is 6.61 Å². The Bertz CT molecular complexity index is 807. The van der Waals surface area contributed by atoms with E-state index in [1.165, 1.54) is 16.9 Å². The molecule has 1 aromatic heterocycles. The number of aromatic nitrogens is 1. The standard InChI is InChI=1S/C21H26ClN3O2S/c1-15(2)7-10-25-11-8-17(9-12-25)23-21(26)19-14-28-20(24-19)13-27-18-5-3-16(22)4-6-18/h3-7,14,17H,8-13H2,1-2H3,(H,23,26). The van der Waals surface area contributed by atoms with E-state index in [0.717, 1.165) is 43.2 Å². The Balaban J connectivity index is 1.44. The Hall–Kier alpha value is -1.89. The van der Waals surface area contributed by atoms with Gasteiger partial charge in [0.25, 0.3) is 5.91 Å². The fourth-order valence-corrected chi connectivity index (χ4v) is 3.80. The second-order valence-corrected chi connectivity index (χ2v) is 8.58. The van der Waals surface area contributed by atoms with Crippen LogP contribution in [0, 0.1) is 0 Å². The van der Waals surface area contributed by atoms with E-state index in [4.69, 9.17) is 16.3 Å². The zero-order valence-corrected chi connectivity index (χ0v) is 17.9. The summed E-state index contributed by atoms with van der Waals surface area (Å²) in [5, 5.41) is 6.36. The molecule has 150 valence electrons. The van der Waals surface area contributed by atoms with Crippen molar-refractivity contribution in [3.05, 3.63) is 57.0 Å². The lowest BCUT2D eigenvalue weighted by Gasteiger charge is -2.31. The summed E-state index contributed by atoms with van der Waals surface area (Å²) in [6, 6.07) is 7.40. The number of rotatable bonds is 7. The number of hydrogen-bond acceptors (Lipinski definition) is 5. The number of nitrogens with zero attached hydrogens (tertiary/aromatic N) is 2. The molecular weight excluding hydrogens is 394 g/mol. The van der Waals surface area contributed by atoms with Gasteiger partial charge in [-0.2, -0.15) is 0 Å². The Kier molecular flexibility index (Phi) is 7.48. The fourth-order valence-electron chi connectivity index (χ4n) is 2.99. The van der Waals surface area contributed by atoms with Crippen LogP contribution < -0.4 is 10.1 Å². The highest BCUT2D eigenvalue weighted by Gasteiger charge is 2.21. The topological polar surface area (TPSA) is 54.5 Å². The highest BCUT2D eigenvalue weighted by atomic mass is 35.5. The molecule has 0 unspecified atom stereocenters. The lowest BCUT2D eigenvalue weighted by molar-refractivity contribution is 0.0909. The van der Waals surface area contributed by atoms with Gasteiger partial charge in [0.15, 0.2) is 0 Å². The summed E-state index contributed by atoms with van der Waals surface area (Å²) in [5.41, 5.74) is 1.81. The van der Waals surface area contributed by atoms with Crippen molar-refractivity contribution in [2.75, 3.05) is 19.6 Å². The molecular formula is C21H26ClN3O2S. The molecule has 1 fully saturated rings. The predicted molar refractivity (Wildman–Crippen MR) is 114 cm³/mol. The number of likely N-dealkylation sites (tertiary alicyclic amines) is 1. The van der Waals surface area contributed by atoms with Crippen molar-refractivity contribution < 1.29 is 9.53 Å². The third-order valence-electron chi connectivity index (χ3n) is 4.64. The number of nitrogens with one attached hydrogen (secondary N) is 1. The second kappa shape index (κ2) is 10.0. The van der Waals surface area contributed by atoms with E-state index >= 15 is 0 Å². The molecule has 0 spiro atoms. The quantitative estimate of drug-likeness (QED) is 0.669. The fraction of sp³-hybridized carbons (Fsp3) is 0.429. The minimum atomic E-state index is -0.100. The van der Waals surface area contributed by atoms with Gasteiger partial charge in [0.1, 0.15) is 23.1 Å². The maximum Gasteiger partial charge on any atom is 0.270 e. The minimum Gasteiger partial charge on any atom is -0.486 e. The molecule has 1 amide bonds. The molecule has 5 nitrogen and oxygen atoms in total. The minimum absolute atomic E-state index is 0.100. The molecule has 3 rings (SSSR count). The SMILES string of the molecule is CC(C)=CCN1CCC(NC(=O)c2csc(COc3ccc(Cl)cc3)n2)CC1. The number of hydrogen-bond donors (Lipinski definition) is 1. The first-order valence-corrected chi connectivity index (χ1v) is 10.7. The maximum atomic E-state index is 12.5. The van der Waals surface area contributed by atoms with E-state index in [9.17, 15) is 4.79 Å². The van der Waals surface area contributed by atoms with E-state index in [1.807, 2.05) is 12.1 Å².